The maximum atomic E-state index is 10.9. The molecule has 0 heterocycles. The quantitative estimate of drug-likeness (QED) is 0.658. The lowest BCUT2D eigenvalue weighted by Gasteiger charge is -2.12. The molecule has 0 saturated heterocycles. The lowest BCUT2D eigenvalue weighted by molar-refractivity contribution is -0.144. The molecule has 0 fully saturated rings. The summed E-state index contributed by atoms with van der Waals surface area (Å²) in [4.78, 5) is 10.9. The third-order valence-electron chi connectivity index (χ3n) is 1.88. The van der Waals surface area contributed by atoms with Crippen LogP contribution < -0.4 is 5.73 Å². The fourth-order valence-electron chi connectivity index (χ4n) is 1.15. The van der Waals surface area contributed by atoms with Crippen LogP contribution in [0.1, 0.15) is 12.8 Å². The van der Waals surface area contributed by atoms with E-state index in [2.05, 4.69) is 12.2 Å². The maximum Gasteiger partial charge on any atom is 0.307 e. The van der Waals surface area contributed by atoms with Crippen molar-refractivity contribution in [3.05, 3.63) is 24.3 Å². The van der Waals surface area contributed by atoms with Crippen LogP contribution in [0.25, 0.3) is 0 Å². The molecule has 0 saturated carbocycles. The minimum absolute atomic E-state index is 0.203. The highest BCUT2D eigenvalue weighted by Crippen LogP contribution is 2.11. The summed E-state index contributed by atoms with van der Waals surface area (Å²) in [6, 6.07) is 0. The molecule has 3 nitrogen and oxygen atoms in total. The fraction of sp³-hybridized carbons (Fsp3) is 0.500. The van der Waals surface area contributed by atoms with Crippen molar-refractivity contribution in [3.63, 3.8) is 0 Å². The summed E-state index contributed by atoms with van der Waals surface area (Å²) in [5, 5.41) is 0. The highest BCUT2D eigenvalue weighted by atomic mass is 16.5. The summed E-state index contributed by atoms with van der Waals surface area (Å²) >= 11 is 0. The monoisotopic (exact) mass is 181 g/mol. The second-order valence-corrected chi connectivity index (χ2v) is 3.03. The van der Waals surface area contributed by atoms with Gasteiger partial charge in [0.2, 0.25) is 0 Å². The highest BCUT2D eigenvalue weighted by Gasteiger charge is 2.08. The van der Waals surface area contributed by atoms with Gasteiger partial charge in [0.05, 0.1) is 13.0 Å². The number of carbonyl (C=O) groups is 1. The molecule has 0 bridgehead atoms. The molecule has 0 spiro atoms. The molecule has 0 amide bonds. The highest BCUT2D eigenvalue weighted by molar-refractivity contribution is 5.69. The summed E-state index contributed by atoms with van der Waals surface area (Å²) in [5.41, 5.74) is 5.21. The van der Waals surface area contributed by atoms with Gasteiger partial charge in [-0.25, -0.2) is 0 Å². The van der Waals surface area contributed by atoms with E-state index in [1.807, 2.05) is 12.2 Å². The maximum absolute atomic E-state index is 10.9. The Labute approximate surface area is 78.3 Å². The van der Waals surface area contributed by atoms with E-state index in [1.54, 1.807) is 0 Å². The smallest absolute Gasteiger partial charge is 0.307 e. The topological polar surface area (TPSA) is 52.3 Å². The number of esters is 1. The van der Waals surface area contributed by atoms with E-state index in [1.165, 1.54) is 0 Å². The summed E-state index contributed by atoms with van der Waals surface area (Å²) in [7, 11) is 0. The lowest BCUT2D eigenvalue weighted by Crippen LogP contribution is -2.15. The summed E-state index contributed by atoms with van der Waals surface area (Å²) in [6.45, 7) is 0.832. The Morgan fingerprint density at radius 3 is 3.00 bits per heavy atom. The van der Waals surface area contributed by atoms with Crippen molar-refractivity contribution in [1.29, 1.82) is 0 Å². The van der Waals surface area contributed by atoms with E-state index in [0.717, 1.165) is 6.42 Å². The van der Waals surface area contributed by atoms with Crippen LogP contribution in [0.3, 0.4) is 0 Å². The van der Waals surface area contributed by atoms with Crippen LogP contribution >= 0.6 is 0 Å². The summed E-state index contributed by atoms with van der Waals surface area (Å²) in [5.74, 6) is 0.136. The third kappa shape index (κ3) is 3.90. The second-order valence-electron chi connectivity index (χ2n) is 3.03. The molecular weight excluding hydrogens is 166 g/mol. The van der Waals surface area contributed by atoms with Crippen LogP contribution in [0.15, 0.2) is 24.3 Å². The average Bonchev–Trinajstić information content (AvgIpc) is 2.17. The molecule has 1 unspecified atom stereocenters. The fourth-order valence-corrected chi connectivity index (χ4v) is 1.15. The number of rotatable bonds is 4. The molecule has 1 atom stereocenters. The minimum atomic E-state index is -0.203. The summed E-state index contributed by atoms with van der Waals surface area (Å²) in [6.07, 6.45) is 9.36. The SMILES string of the molecule is NCCC(=O)OCC1C=CC=CC1. The first kappa shape index (κ1) is 9.99. The largest absolute Gasteiger partial charge is 0.465 e. The zero-order chi connectivity index (χ0) is 9.52. The third-order valence-corrected chi connectivity index (χ3v) is 1.88. The number of nitrogens with two attached hydrogens (primary N) is 1. The molecule has 1 aliphatic carbocycles. The first-order valence-corrected chi connectivity index (χ1v) is 4.52. The van der Waals surface area contributed by atoms with Crippen molar-refractivity contribution < 1.29 is 9.53 Å². The minimum Gasteiger partial charge on any atom is -0.465 e. The van der Waals surface area contributed by atoms with Crippen molar-refractivity contribution in [3.8, 4) is 0 Å². The zero-order valence-electron chi connectivity index (χ0n) is 7.61. The van der Waals surface area contributed by atoms with Gasteiger partial charge in [-0.2, -0.15) is 0 Å². The molecule has 13 heavy (non-hydrogen) atoms. The Kier molecular flexibility index (Phi) is 4.26. The van der Waals surface area contributed by atoms with Crippen LogP contribution in [0.2, 0.25) is 0 Å². The molecule has 1 rings (SSSR count). The van der Waals surface area contributed by atoms with E-state index >= 15 is 0 Å². The Balaban J connectivity index is 2.15. The van der Waals surface area contributed by atoms with E-state index in [4.69, 9.17) is 10.5 Å². The van der Waals surface area contributed by atoms with Gasteiger partial charge < -0.3 is 10.5 Å². The first-order chi connectivity index (χ1) is 6.33. The molecule has 1 aliphatic rings. The van der Waals surface area contributed by atoms with E-state index in [0.29, 0.717) is 25.5 Å². The van der Waals surface area contributed by atoms with Gasteiger partial charge in [-0.05, 0) is 6.42 Å². The Morgan fingerprint density at radius 2 is 2.38 bits per heavy atom. The van der Waals surface area contributed by atoms with Gasteiger partial charge in [-0.15, -0.1) is 0 Å². The predicted octanol–water partition coefficient (Wildman–Crippen LogP) is 1.01. The zero-order valence-corrected chi connectivity index (χ0v) is 7.61. The van der Waals surface area contributed by atoms with Crippen LogP contribution in [0, 0.1) is 5.92 Å². The molecular formula is C10H15NO2. The number of carbonyl (C=O) groups excluding carboxylic acids is 1. The molecule has 3 heteroatoms. The van der Waals surface area contributed by atoms with Gasteiger partial charge in [0.15, 0.2) is 0 Å². The van der Waals surface area contributed by atoms with Crippen LogP contribution in [-0.4, -0.2) is 19.1 Å². The molecule has 2 N–H and O–H groups in total. The van der Waals surface area contributed by atoms with Gasteiger partial charge in [0.25, 0.3) is 0 Å². The Morgan fingerprint density at radius 1 is 1.54 bits per heavy atom. The van der Waals surface area contributed by atoms with Gasteiger partial charge in [-0.3, -0.25) is 4.79 Å². The number of hydrogen-bond donors (Lipinski definition) is 1. The molecule has 0 aromatic heterocycles. The Hall–Kier alpha value is -1.09. The average molecular weight is 181 g/mol. The molecule has 0 aromatic carbocycles. The predicted molar refractivity (Wildman–Crippen MR) is 51.0 cm³/mol. The molecule has 0 radical (unpaired) electrons. The lowest BCUT2D eigenvalue weighted by atomic mass is 10.0. The van der Waals surface area contributed by atoms with Crippen molar-refractivity contribution in [2.75, 3.05) is 13.2 Å². The Bertz CT molecular complexity index is 221. The standard InChI is InChI=1S/C10H15NO2/c11-7-6-10(12)13-8-9-4-2-1-3-5-9/h1-4,9H,5-8,11H2. The molecule has 0 aromatic rings. The van der Waals surface area contributed by atoms with Gasteiger partial charge in [0.1, 0.15) is 0 Å². The van der Waals surface area contributed by atoms with Gasteiger partial charge in [0, 0.05) is 12.5 Å². The van der Waals surface area contributed by atoms with Gasteiger partial charge in [-0.1, -0.05) is 24.3 Å². The van der Waals surface area contributed by atoms with Crippen LogP contribution in [0.4, 0.5) is 0 Å². The van der Waals surface area contributed by atoms with Crippen molar-refractivity contribution >= 4 is 5.97 Å². The van der Waals surface area contributed by atoms with E-state index in [-0.39, 0.29) is 5.97 Å². The molecule has 72 valence electrons. The van der Waals surface area contributed by atoms with Crippen molar-refractivity contribution in [2.45, 2.75) is 12.8 Å². The van der Waals surface area contributed by atoms with Crippen molar-refractivity contribution in [2.24, 2.45) is 11.7 Å². The second kappa shape index (κ2) is 5.54. The molecule has 0 aliphatic heterocycles. The number of ether oxygens (including phenoxy) is 1. The van der Waals surface area contributed by atoms with Crippen LogP contribution in [0.5, 0.6) is 0 Å². The first-order valence-electron chi connectivity index (χ1n) is 4.52. The van der Waals surface area contributed by atoms with Crippen LogP contribution in [-0.2, 0) is 9.53 Å². The van der Waals surface area contributed by atoms with Gasteiger partial charge >= 0.3 is 5.97 Å². The number of allylic oxidation sites excluding steroid dienone is 3. The van der Waals surface area contributed by atoms with E-state index < -0.39 is 0 Å². The van der Waals surface area contributed by atoms with E-state index in [9.17, 15) is 4.79 Å². The van der Waals surface area contributed by atoms with Crippen molar-refractivity contribution in [1.82, 2.24) is 0 Å². The summed E-state index contributed by atoms with van der Waals surface area (Å²) < 4.78 is 5.02. The normalized spacial score (nSPS) is 20.2. The number of hydrogen-bond acceptors (Lipinski definition) is 3.